The first-order valence-electron chi connectivity index (χ1n) is 6.57. The zero-order valence-electron chi connectivity index (χ0n) is 11.4. The highest BCUT2D eigenvalue weighted by atomic mass is 16.1. The minimum absolute atomic E-state index is 0.105. The Balaban J connectivity index is 2.40. The van der Waals surface area contributed by atoms with Crippen LogP contribution in [-0.2, 0) is 0 Å². The predicted molar refractivity (Wildman–Crippen MR) is 71.6 cm³/mol. The molecule has 0 radical (unpaired) electrons. The average Bonchev–Trinajstić information content (AvgIpc) is 2.71. The van der Waals surface area contributed by atoms with Gasteiger partial charge in [-0.2, -0.15) is 0 Å². The van der Waals surface area contributed by atoms with Crippen LogP contribution in [0.15, 0.2) is 12.1 Å². The van der Waals surface area contributed by atoms with Gasteiger partial charge in [0, 0.05) is 11.0 Å². The van der Waals surface area contributed by atoms with E-state index in [4.69, 9.17) is 0 Å². The summed E-state index contributed by atoms with van der Waals surface area (Å²) in [6, 6.07) is 4.22. The highest BCUT2D eigenvalue weighted by molar-refractivity contribution is 6.01. The Morgan fingerprint density at radius 1 is 1.00 bits per heavy atom. The van der Waals surface area contributed by atoms with Crippen molar-refractivity contribution in [3.05, 3.63) is 34.4 Å². The van der Waals surface area contributed by atoms with Crippen LogP contribution in [0, 0.1) is 26.2 Å². The van der Waals surface area contributed by atoms with Crippen LogP contribution in [0.4, 0.5) is 0 Å². The number of carbonyl (C=O) groups excluding carboxylic acids is 1. The van der Waals surface area contributed by atoms with Gasteiger partial charge in [-0.3, -0.25) is 4.79 Å². The first kappa shape index (κ1) is 12.3. The summed E-state index contributed by atoms with van der Waals surface area (Å²) >= 11 is 0. The van der Waals surface area contributed by atoms with E-state index in [1.165, 1.54) is 24.0 Å². The van der Waals surface area contributed by atoms with Crippen molar-refractivity contribution in [3.63, 3.8) is 0 Å². The topological polar surface area (TPSA) is 17.1 Å². The molecule has 1 fully saturated rings. The zero-order chi connectivity index (χ0) is 12.6. The van der Waals surface area contributed by atoms with Crippen molar-refractivity contribution >= 4 is 5.78 Å². The molecule has 2 rings (SSSR count). The standard InChI is InChI=1S/C16H22O/c1-11-9-13(3)14(10-12(11)2)15(17)16(4)7-5-6-8-16/h9-10H,5-8H2,1-4H3. The number of hydrogen-bond donors (Lipinski definition) is 0. The van der Waals surface area contributed by atoms with E-state index < -0.39 is 0 Å². The van der Waals surface area contributed by atoms with E-state index in [0.29, 0.717) is 5.78 Å². The first-order valence-corrected chi connectivity index (χ1v) is 6.57. The third kappa shape index (κ3) is 2.15. The van der Waals surface area contributed by atoms with E-state index in [0.717, 1.165) is 24.0 Å². The quantitative estimate of drug-likeness (QED) is 0.689. The van der Waals surface area contributed by atoms with E-state index in [9.17, 15) is 4.79 Å². The predicted octanol–water partition coefficient (Wildman–Crippen LogP) is 4.37. The van der Waals surface area contributed by atoms with Gasteiger partial charge < -0.3 is 0 Å². The fourth-order valence-corrected chi connectivity index (χ4v) is 2.91. The van der Waals surface area contributed by atoms with Gasteiger partial charge in [0.25, 0.3) is 0 Å². The molecule has 1 saturated carbocycles. The Kier molecular flexibility index (Phi) is 3.11. The summed E-state index contributed by atoms with van der Waals surface area (Å²) in [5, 5.41) is 0. The molecule has 0 aliphatic heterocycles. The summed E-state index contributed by atoms with van der Waals surface area (Å²) in [5.74, 6) is 0.357. The van der Waals surface area contributed by atoms with E-state index in [1.54, 1.807) is 0 Å². The molecule has 1 aromatic rings. The number of benzene rings is 1. The fourth-order valence-electron chi connectivity index (χ4n) is 2.91. The third-order valence-electron chi connectivity index (χ3n) is 4.34. The Morgan fingerprint density at radius 2 is 1.53 bits per heavy atom. The molecule has 1 nitrogen and oxygen atoms in total. The number of ketones is 1. The fraction of sp³-hybridized carbons (Fsp3) is 0.562. The van der Waals surface area contributed by atoms with Crippen LogP contribution in [0.25, 0.3) is 0 Å². The van der Waals surface area contributed by atoms with Crippen molar-refractivity contribution in [3.8, 4) is 0 Å². The SMILES string of the molecule is Cc1cc(C)c(C(=O)C2(C)CCCC2)cc1C. The molecule has 92 valence electrons. The number of carbonyl (C=O) groups is 1. The van der Waals surface area contributed by atoms with Crippen molar-refractivity contribution in [2.24, 2.45) is 5.41 Å². The second kappa shape index (κ2) is 4.29. The molecular weight excluding hydrogens is 208 g/mol. The Hall–Kier alpha value is -1.11. The third-order valence-corrected chi connectivity index (χ3v) is 4.34. The first-order chi connectivity index (χ1) is 7.94. The maximum absolute atomic E-state index is 12.7. The average molecular weight is 230 g/mol. The highest BCUT2D eigenvalue weighted by Gasteiger charge is 2.37. The van der Waals surface area contributed by atoms with Gasteiger partial charge in [0.2, 0.25) is 0 Å². The normalized spacial score (nSPS) is 18.4. The summed E-state index contributed by atoms with van der Waals surface area (Å²) in [5.41, 5.74) is 4.46. The summed E-state index contributed by atoms with van der Waals surface area (Å²) in [4.78, 5) is 12.7. The number of aryl methyl sites for hydroxylation is 3. The minimum atomic E-state index is -0.105. The molecular formula is C16H22O. The van der Waals surface area contributed by atoms with Gasteiger partial charge in [0.15, 0.2) is 5.78 Å². The van der Waals surface area contributed by atoms with Gasteiger partial charge in [-0.25, -0.2) is 0 Å². The van der Waals surface area contributed by atoms with Gasteiger partial charge in [-0.15, -0.1) is 0 Å². The Labute approximate surface area is 104 Å². The molecule has 0 unspecified atom stereocenters. The number of rotatable bonds is 2. The van der Waals surface area contributed by atoms with Crippen molar-refractivity contribution in [2.45, 2.75) is 53.4 Å². The molecule has 0 aromatic heterocycles. The van der Waals surface area contributed by atoms with E-state index >= 15 is 0 Å². The van der Waals surface area contributed by atoms with Crippen molar-refractivity contribution < 1.29 is 4.79 Å². The number of Topliss-reactive ketones (excluding diaryl/α,β-unsaturated/α-hetero) is 1. The van der Waals surface area contributed by atoms with Gasteiger partial charge in [-0.1, -0.05) is 25.8 Å². The Bertz CT molecular complexity index is 451. The summed E-state index contributed by atoms with van der Waals surface area (Å²) in [6.45, 7) is 8.38. The van der Waals surface area contributed by atoms with Gasteiger partial charge in [0.1, 0.15) is 0 Å². The monoisotopic (exact) mass is 230 g/mol. The van der Waals surface area contributed by atoms with Crippen molar-refractivity contribution in [1.29, 1.82) is 0 Å². The molecule has 0 spiro atoms. The van der Waals surface area contributed by atoms with Crippen LogP contribution in [0.3, 0.4) is 0 Å². The summed E-state index contributed by atoms with van der Waals surface area (Å²) in [7, 11) is 0. The van der Waals surface area contributed by atoms with Crippen LogP contribution in [-0.4, -0.2) is 5.78 Å². The lowest BCUT2D eigenvalue weighted by atomic mass is 9.79. The van der Waals surface area contributed by atoms with Gasteiger partial charge in [0.05, 0.1) is 0 Å². The molecule has 1 aliphatic rings. The van der Waals surface area contributed by atoms with E-state index in [2.05, 4.69) is 39.8 Å². The zero-order valence-corrected chi connectivity index (χ0v) is 11.4. The van der Waals surface area contributed by atoms with E-state index in [1.807, 2.05) is 0 Å². The highest BCUT2D eigenvalue weighted by Crippen LogP contribution is 2.40. The summed E-state index contributed by atoms with van der Waals surface area (Å²) in [6.07, 6.45) is 4.51. The van der Waals surface area contributed by atoms with Crippen LogP contribution >= 0.6 is 0 Å². The lowest BCUT2D eigenvalue weighted by molar-refractivity contribution is 0.0822. The lowest BCUT2D eigenvalue weighted by Gasteiger charge is -2.23. The van der Waals surface area contributed by atoms with Gasteiger partial charge in [-0.05, 0) is 56.4 Å². The van der Waals surface area contributed by atoms with Crippen LogP contribution in [0.2, 0.25) is 0 Å². The smallest absolute Gasteiger partial charge is 0.168 e. The second-order valence-electron chi connectivity index (χ2n) is 5.85. The molecule has 1 aliphatic carbocycles. The lowest BCUT2D eigenvalue weighted by Crippen LogP contribution is -2.25. The molecule has 0 atom stereocenters. The molecule has 0 N–H and O–H groups in total. The largest absolute Gasteiger partial charge is 0.294 e. The molecule has 0 bridgehead atoms. The van der Waals surface area contributed by atoms with Crippen molar-refractivity contribution in [1.82, 2.24) is 0 Å². The van der Waals surface area contributed by atoms with Crippen molar-refractivity contribution in [2.75, 3.05) is 0 Å². The maximum atomic E-state index is 12.7. The second-order valence-corrected chi connectivity index (χ2v) is 5.85. The molecule has 0 heterocycles. The molecule has 0 saturated heterocycles. The summed E-state index contributed by atoms with van der Waals surface area (Å²) < 4.78 is 0. The minimum Gasteiger partial charge on any atom is -0.294 e. The van der Waals surface area contributed by atoms with E-state index in [-0.39, 0.29) is 5.41 Å². The van der Waals surface area contributed by atoms with Crippen LogP contribution in [0.1, 0.15) is 59.7 Å². The molecule has 1 heteroatoms. The van der Waals surface area contributed by atoms with Crippen LogP contribution in [0.5, 0.6) is 0 Å². The Morgan fingerprint density at radius 3 is 2.12 bits per heavy atom. The van der Waals surface area contributed by atoms with Crippen LogP contribution < -0.4 is 0 Å². The molecule has 17 heavy (non-hydrogen) atoms. The number of hydrogen-bond acceptors (Lipinski definition) is 1. The van der Waals surface area contributed by atoms with Gasteiger partial charge >= 0.3 is 0 Å². The molecule has 0 amide bonds. The molecule has 1 aromatic carbocycles. The maximum Gasteiger partial charge on any atom is 0.168 e.